The van der Waals surface area contributed by atoms with E-state index < -0.39 is 5.41 Å². The molecule has 3 aliphatic rings. The summed E-state index contributed by atoms with van der Waals surface area (Å²) in [5, 5.41) is 3.23. The van der Waals surface area contributed by atoms with Crippen LogP contribution in [0, 0.1) is 5.41 Å². The normalized spacial score (nSPS) is 19.7. The Morgan fingerprint density at radius 1 is 1.06 bits per heavy atom. The van der Waals surface area contributed by atoms with Gasteiger partial charge in [0.15, 0.2) is 0 Å². The molecule has 0 radical (unpaired) electrons. The number of hydrogen-bond donors (Lipinski definition) is 1. The third-order valence-corrected chi connectivity index (χ3v) is 8.18. The molecule has 168 valence electrons. The van der Waals surface area contributed by atoms with Gasteiger partial charge >= 0.3 is 0 Å². The fourth-order valence-electron chi connectivity index (χ4n) is 4.99. The number of amides is 2. The van der Waals surface area contributed by atoms with Crippen molar-refractivity contribution in [2.75, 3.05) is 31.1 Å². The van der Waals surface area contributed by atoms with Crippen LogP contribution in [0.25, 0.3) is 0 Å². The topological polar surface area (TPSA) is 65.5 Å². The number of carbonyl (C=O) groups is 2. The zero-order valence-corrected chi connectivity index (χ0v) is 19.6. The van der Waals surface area contributed by atoms with E-state index in [0.717, 1.165) is 74.8 Å². The fraction of sp³-hybridized carbons (Fsp3) is 0.458. The Labute approximate surface area is 197 Å². The lowest BCUT2D eigenvalue weighted by Gasteiger charge is -2.36. The first-order valence-electron chi connectivity index (χ1n) is 11.3. The van der Waals surface area contributed by atoms with Gasteiger partial charge in [-0.15, -0.1) is 0 Å². The molecule has 3 aliphatic heterocycles. The van der Waals surface area contributed by atoms with Crippen LogP contribution in [0.5, 0.6) is 0 Å². The molecule has 0 aliphatic carbocycles. The molecule has 2 fully saturated rings. The molecule has 2 aromatic rings. The van der Waals surface area contributed by atoms with Gasteiger partial charge in [0.1, 0.15) is 5.82 Å². The smallest absolute Gasteiger partial charge is 0.233 e. The van der Waals surface area contributed by atoms with Crippen molar-refractivity contribution < 1.29 is 9.59 Å². The van der Waals surface area contributed by atoms with Crippen molar-refractivity contribution in [3.8, 4) is 0 Å². The number of carbonyl (C=O) groups excluding carboxylic acids is 2. The standard InChI is InChI=1S/C24H27ClN4O2S/c25-17-6-7-19-18(15-17)29(22-20(32-19)5-4-10-26-22)12-3-1-2-11-28-13-8-24(9-14-28)16-21(30)27-23(24)31/h4-7,10,15H,1-3,8-9,11-14,16H2,(H,27,30,31). The van der Waals surface area contributed by atoms with Crippen molar-refractivity contribution in [3.63, 3.8) is 0 Å². The van der Waals surface area contributed by atoms with E-state index in [1.165, 1.54) is 9.79 Å². The Bertz CT molecular complexity index is 1040. The van der Waals surface area contributed by atoms with E-state index in [-0.39, 0.29) is 11.8 Å². The first-order valence-corrected chi connectivity index (χ1v) is 12.5. The lowest BCUT2D eigenvalue weighted by Crippen LogP contribution is -2.44. The highest BCUT2D eigenvalue weighted by molar-refractivity contribution is 7.99. The predicted octanol–water partition coefficient (Wildman–Crippen LogP) is 4.64. The average Bonchev–Trinajstić information content (AvgIpc) is 3.06. The highest BCUT2D eigenvalue weighted by Crippen LogP contribution is 2.47. The van der Waals surface area contributed by atoms with Crippen molar-refractivity contribution in [2.45, 2.75) is 48.3 Å². The minimum Gasteiger partial charge on any atom is -0.324 e. The second-order valence-electron chi connectivity index (χ2n) is 8.93. The van der Waals surface area contributed by atoms with E-state index in [2.05, 4.69) is 32.2 Å². The Kier molecular flexibility index (Phi) is 6.14. The number of imide groups is 1. The van der Waals surface area contributed by atoms with Gasteiger partial charge in [-0.25, -0.2) is 4.98 Å². The number of pyridine rings is 1. The van der Waals surface area contributed by atoms with Crippen molar-refractivity contribution >= 4 is 46.7 Å². The number of aromatic nitrogens is 1. The molecule has 0 saturated carbocycles. The molecule has 5 rings (SSSR count). The van der Waals surface area contributed by atoms with E-state index in [1.54, 1.807) is 11.8 Å². The highest BCUT2D eigenvalue weighted by atomic mass is 35.5. The number of rotatable bonds is 6. The van der Waals surface area contributed by atoms with Crippen LogP contribution >= 0.6 is 23.4 Å². The maximum atomic E-state index is 12.1. The van der Waals surface area contributed by atoms with Crippen LogP contribution in [0.4, 0.5) is 11.5 Å². The van der Waals surface area contributed by atoms with Crippen LogP contribution in [0.1, 0.15) is 38.5 Å². The van der Waals surface area contributed by atoms with Gasteiger partial charge in [0, 0.05) is 29.1 Å². The summed E-state index contributed by atoms with van der Waals surface area (Å²) in [5.74, 6) is 0.840. The molecular formula is C24H27ClN4O2S. The third-order valence-electron chi connectivity index (χ3n) is 6.84. The average molecular weight is 471 g/mol. The van der Waals surface area contributed by atoms with Crippen LogP contribution in [0.2, 0.25) is 5.02 Å². The third kappa shape index (κ3) is 4.26. The number of unbranched alkanes of at least 4 members (excludes halogenated alkanes) is 2. The number of nitrogens with zero attached hydrogens (tertiary/aromatic N) is 3. The number of halogens is 1. The van der Waals surface area contributed by atoms with E-state index >= 15 is 0 Å². The summed E-state index contributed by atoms with van der Waals surface area (Å²) in [7, 11) is 0. The zero-order valence-electron chi connectivity index (χ0n) is 18.0. The van der Waals surface area contributed by atoms with Crippen molar-refractivity contribution in [1.82, 2.24) is 15.2 Å². The van der Waals surface area contributed by atoms with Crippen LogP contribution in [-0.2, 0) is 9.59 Å². The summed E-state index contributed by atoms with van der Waals surface area (Å²) in [6.07, 6.45) is 7.12. The maximum Gasteiger partial charge on any atom is 0.233 e. The second-order valence-corrected chi connectivity index (χ2v) is 10.4. The van der Waals surface area contributed by atoms with Gasteiger partial charge in [-0.1, -0.05) is 29.8 Å². The minimum absolute atomic E-state index is 0.0591. The van der Waals surface area contributed by atoms with Crippen molar-refractivity contribution in [1.29, 1.82) is 0 Å². The van der Waals surface area contributed by atoms with Crippen LogP contribution in [0.3, 0.4) is 0 Å². The van der Waals surface area contributed by atoms with Crippen LogP contribution < -0.4 is 10.2 Å². The highest BCUT2D eigenvalue weighted by Gasteiger charge is 2.47. The molecule has 0 atom stereocenters. The lowest BCUT2D eigenvalue weighted by atomic mass is 9.77. The van der Waals surface area contributed by atoms with E-state index in [1.807, 2.05) is 24.4 Å². The Morgan fingerprint density at radius 2 is 1.88 bits per heavy atom. The molecule has 6 nitrogen and oxygen atoms in total. The van der Waals surface area contributed by atoms with Gasteiger partial charge in [0.05, 0.1) is 16.0 Å². The number of fused-ring (bicyclic) bond motifs is 2. The summed E-state index contributed by atoms with van der Waals surface area (Å²) in [5.41, 5.74) is 0.703. The van der Waals surface area contributed by atoms with E-state index in [0.29, 0.717) is 6.42 Å². The van der Waals surface area contributed by atoms with Crippen LogP contribution in [-0.4, -0.2) is 47.9 Å². The van der Waals surface area contributed by atoms with Gasteiger partial charge < -0.3 is 9.80 Å². The molecule has 8 heteroatoms. The molecule has 1 aromatic carbocycles. The summed E-state index contributed by atoms with van der Waals surface area (Å²) in [6.45, 7) is 3.74. The zero-order chi connectivity index (χ0) is 22.1. The van der Waals surface area contributed by atoms with Crippen LogP contribution in [0.15, 0.2) is 46.3 Å². The largest absolute Gasteiger partial charge is 0.324 e. The lowest BCUT2D eigenvalue weighted by molar-refractivity contribution is -0.130. The first kappa shape index (κ1) is 21.7. The number of piperidine rings is 1. The molecule has 2 saturated heterocycles. The van der Waals surface area contributed by atoms with Crippen molar-refractivity contribution in [2.24, 2.45) is 5.41 Å². The Balaban J connectivity index is 1.13. The molecule has 4 heterocycles. The van der Waals surface area contributed by atoms with Gasteiger partial charge in [-0.3, -0.25) is 14.9 Å². The molecule has 0 unspecified atom stereocenters. The van der Waals surface area contributed by atoms with Gasteiger partial charge in [-0.2, -0.15) is 0 Å². The number of hydrogen-bond acceptors (Lipinski definition) is 6. The molecule has 1 aromatic heterocycles. The van der Waals surface area contributed by atoms with Gasteiger partial charge in [0.2, 0.25) is 11.8 Å². The van der Waals surface area contributed by atoms with Crippen molar-refractivity contribution in [3.05, 3.63) is 41.6 Å². The number of likely N-dealkylation sites (tertiary alicyclic amines) is 1. The SMILES string of the molecule is O=C1CC2(CCN(CCCCCN3c4cc(Cl)ccc4Sc4cccnc43)CC2)C(=O)N1. The number of anilines is 2. The Hall–Kier alpha value is -2.09. The molecule has 32 heavy (non-hydrogen) atoms. The predicted molar refractivity (Wildman–Crippen MR) is 127 cm³/mol. The monoisotopic (exact) mass is 470 g/mol. The summed E-state index contributed by atoms with van der Waals surface area (Å²) in [6, 6.07) is 10.2. The molecule has 1 spiro atoms. The van der Waals surface area contributed by atoms with E-state index in [4.69, 9.17) is 11.6 Å². The molecular weight excluding hydrogens is 444 g/mol. The molecule has 0 bridgehead atoms. The minimum atomic E-state index is -0.436. The number of nitrogens with one attached hydrogen (secondary N) is 1. The molecule has 1 N–H and O–H groups in total. The Morgan fingerprint density at radius 3 is 2.66 bits per heavy atom. The van der Waals surface area contributed by atoms with Gasteiger partial charge in [0.25, 0.3) is 0 Å². The molecule has 2 amide bonds. The quantitative estimate of drug-likeness (QED) is 0.490. The summed E-state index contributed by atoms with van der Waals surface area (Å²) in [4.78, 5) is 35.5. The number of benzene rings is 1. The van der Waals surface area contributed by atoms with Gasteiger partial charge in [-0.05, 0) is 75.6 Å². The fourth-order valence-corrected chi connectivity index (χ4v) is 6.21. The van der Waals surface area contributed by atoms with E-state index in [9.17, 15) is 9.59 Å². The summed E-state index contributed by atoms with van der Waals surface area (Å²) < 4.78 is 0. The summed E-state index contributed by atoms with van der Waals surface area (Å²) >= 11 is 8.04. The maximum absolute atomic E-state index is 12.1. The first-order chi connectivity index (χ1) is 15.5. The second kappa shape index (κ2) is 9.04.